The standard InChI is InChI=1S/C19H24N6OS/c1-19(2,3)24-16-9-13(20-10-17(26)22-11-4-5-11)18-14(23-16)8-15(27-18)12-6-7-21-25-12/h6-9,11H,4-5,10H2,1-3H3,(H,21,25)(H,22,26)(H2,20,23,24). The fraction of sp³-hybridized carbons (Fsp3) is 0.421. The van der Waals surface area contributed by atoms with Crippen LogP contribution in [0.5, 0.6) is 0 Å². The second kappa shape index (κ2) is 6.84. The van der Waals surface area contributed by atoms with Gasteiger partial charge in [0.15, 0.2) is 0 Å². The van der Waals surface area contributed by atoms with Crippen molar-refractivity contribution >= 4 is 39.0 Å². The van der Waals surface area contributed by atoms with Gasteiger partial charge in [-0.25, -0.2) is 4.98 Å². The van der Waals surface area contributed by atoms with Crippen LogP contribution in [-0.4, -0.2) is 39.2 Å². The summed E-state index contributed by atoms with van der Waals surface area (Å²) in [5.41, 5.74) is 2.65. The topological polar surface area (TPSA) is 94.7 Å². The molecule has 1 saturated carbocycles. The molecule has 0 aromatic carbocycles. The van der Waals surface area contributed by atoms with Crippen molar-refractivity contribution < 1.29 is 4.79 Å². The highest BCUT2D eigenvalue weighted by molar-refractivity contribution is 7.22. The van der Waals surface area contributed by atoms with Gasteiger partial charge in [-0.05, 0) is 45.7 Å². The number of carbonyl (C=O) groups is 1. The number of H-pyrrole nitrogens is 1. The number of hydrogen-bond donors (Lipinski definition) is 4. The number of thiophene rings is 1. The fourth-order valence-corrected chi connectivity index (χ4v) is 3.87. The van der Waals surface area contributed by atoms with Gasteiger partial charge in [-0.2, -0.15) is 5.10 Å². The van der Waals surface area contributed by atoms with Crippen molar-refractivity contribution in [2.24, 2.45) is 0 Å². The van der Waals surface area contributed by atoms with E-state index in [9.17, 15) is 4.79 Å². The van der Waals surface area contributed by atoms with Crippen LogP contribution in [0.25, 0.3) is 20.8 Å². The van der Waals surface area contributed by atoms with Crippen LogP contribution >= 0.6 is 11.3 Å². The smallest absolute Gasteiger partial charge is 0.239 e. The molecule has 27 heavy (non-hydrogen) atoms. The van der Waals surface area contributed by atoms with Gasteiger partial charge in [0.2, 0.25) is 5.91 Å². The van der Waals surface area contributed by atoms with E-state index in [0.29, 0.717) is 6.04 Å². The summed E-state index contributed by atoms with van der Waals surface area (Å²) in [5, 5.41) is 16.8. The molecule has 0 atom stereocenters. The lowest BCUT2D eigenvalue weighted by atomic mass is 10.1. The molecule has 0 unspecified atom stereocenters. The zero-order valence-corrected chi connectivity index (χ0v) is 16.5. The number of aromatic nitrogens is 3. The first-order valence-electron chi connectivity index (χ1n) is 9.13. The van der Waals surface area contributed by atoms with Gasteiger partial charge < -0.3 is 16.0 Å². The average molecular weight is 385 g/mol. The van der Waals surface area contributed by atoms with Gasteiger partial charge in [0, 0.05) is 23.8 Å². The second-order valence-electron chi connectivity index (χ2n) is 7.92. The summed E-state index contributed by atoms with van der Waals surface area (Å²) in [4.78, 5) is 17.9. The minimum Gasteiger partial charge on any atom is -0.375 e. The van der Waals surface area contributed by atoms with E-state index in [2.05, 4.69) is 53.0 Å². The first-order valence-corrected chi connectivity index (χ1v) is 9.95. The third-order valence-corrected chi connectivity index (χ3v) is 5.32. The van der Waals surface area contributed by atoms with E-state index >= 15 is 0 Å². The third kappa shape index (κ3) is 4.39. The first-order chi connectivity index (χ1) is 12.9. The number of nitrogens with zero attached hydrogens (tertiary/aromatic N) is 2. The summed E-state index contributed by atoms with van der Waals surface area (Å²) in [6.07, 6.45) is 3.91. The van der Waals surface area contributed by atoms with Gasteiger partial charge in [-0.15, -0.1) is 11.3 Å². The van der Waals surface area contributed by atoms with Crippen LogP contribution in [0.3, 0.4) is 0 Å². The minimum atomic E-state index is -0.108. The highest BCUT2D eigenvalue weighted by atomic mass is 32.1. The molecule has 0 spiro atoms. The summed E-state index contributed by atoms with van der Waals surface area (Å²) in [7, 11) is 0. The van der Waals surface area contributed by atoms with Crippen LogP contribution in [0.4, 0.5) is 11.5 Å². The molecular formula is C19H24N6OS. The van der Waals surface area contributed by atoms with Crippen LogP contribution in [0.1, 0.15) is 33.6 Å². The summed E-state index contributed by atoms with van der Waals surface area (Å²) in [6, 6.07) is 6.33. The molecule has 142 valence electrons. The number of pyridine rings is 1. The van der Waals surface area contributed by atoms with E-state index in [1.165, 1.54) is 0 Å². The second-order valence-corrected chi connectivity index (χ2v) is 8.97. The Morgan fingerprint density at radius 1 is 1.33 bits per heavy atom. The van der Waals surface area contributed by atoms with Crippen LogP contribution < -0.4 is 16.0 Å². The zero-order valence-electron chi connectivity index (χ0n) is 15.7. The molecule has 0 bridgehead atoms. The van der Waals surface area contributed by atoms with Crippen LogP contribution in [0.2, 0.25) is 0 Å². The minimum absolute atomic E-state index is 0.0261. The number of aromatic amines is 1. The number of hydrogen-bond acceptors (Lipinski definition) is 6. The van der Waals surface area contributed by atoms with E-state index in [4.69, 9.17) is 4.98 Å². The molecule has 1 fully saturated rings. The van der Waals surface area contributed by atoms with Crippen LogP contribution in [0, 0.1) is 0 Å². The predicted molar refractivity (Wildman–Crippen MR) is 110 cm³/mol. The van der Waals surface area contributed by atoms with Crippen molar-refractivity contribution in [1.29, 1.82) is 0 Å². The number of amides is 1. The molecule has 0 saturated heterocycles. The number of rotatable bonds is 6. The molecule has 1 amide bonds. The molecule has 3 aromatic rings. The van der Waals surface area contributed by atoms with Crippen LogP contribution in [0.15, 0.2) is 24.4 Å². The highest BCUT2D eigenvalue weighted by Crippen LogP contribution is 2.37. The van der Waals surface area contributed by atoms with Crippen molar-refractivity contribution in [3.8, 4) is 10.6 Å². The van der Waals surface area contributed by atoms with Crippen molar-refractivity contribution in [1.82, 2.24) is 20.5 Å². The van der Waals surface area contributed by atoms with Gasteiger partial charge in [0.05, 0.1) is 33.0 Å². The Balaban J connectivity index is 1.65. The first kappa shape index (κ1) is 17.8. The monoisotopic (exact) mass is 384 g/mol. The Hall–Kier alpha value is -2.61. The lowest BCUT2D eigenvalue weighted by Crippen LogP contribution is -2.31. The van der Waals surface area contributed by atoms with Crippen LogP contribution in [-0.2, 0) is 4.79 Å². The number of fused-ring (bicyclic) bond motifs is 1. The molecule has 3 aromatic heterocycles. The molecule has 3 heterocycles. The predicted octanol–water partition coefficient (Wildman–Crippen LogP) is 3.59. The summed E-state index contributed by atoms with van der Waals surface area (Å²) in [6.45, 7) is 6.54. The van der Waals surface area contributed by atoms with Gasteiger partial charge in [0.1, 0.15) is 5.82 Å². The Kier molecular flexibility index (Phi) is 4.51. The van der Waals surface area contributed by atoms with Crippen molar-refractivity contribution in [3.63, 3.8) is 0 Å². The maximum absolute atomic E-state index is 12.1. The molecule has 0 radical (unpaired) electrons. The molecular weight excluding hydrogens is 360 g/mol. The van der Waals surface area contributed by atoms with Crippen molar-refractivity contribution in [2.75, 3.05) is 17.2 Å². The Morgan fingerprint density at radius 2 is 2.15 bits per heavy atom. The largest absolute Gasteiger partial charge is 0.375 e. The Bertz CT molecular complexity index is 953. The maximum Gasteiger partial charge on any atom is 0.239 e. The van der Waals surface area contributed by atoms with E-state index in [-0.39, 0.29) is 18.0 Å². The molecule has 7 nitrogen and oxygen atoms in total. The molecule has 4 rings (SSSR count). The molecule has 1 aliphatic rings. The van der Waals surface area contributed by atoms with E-state index in [1.807, 2.05) is 12.1 Å². The number of nitrogens with one attached hydrogen (secondary N) is 4. The van der Waals surface area contributed by atoms with E-state index < -0.39 is 0 Å². The Morgan fingerprint density at radius 3 is 2.81 bits per heavy atom. The van der Waals surface area contributed by atoms with Crippen molar-refractivity contribution in [3.05, 3.63) is 24.4 Å². The van der Waals surface area contributed by atoms with E-state index in [1.54, 1.807) is 17.5 Å². The van der Waals surface area contributed by atoms with Gasteiger partial charge in [-0.1, -0.05) is 0 Å². The average Bonchev–Trinajstić information content (AvgIpc) is 3.08. The third-order valence-electron chi connectivity index (χ3n) is 4.13. The SMILES string of the molecule is CC(C)(C)Nc1cc(NCC(=O)NC2CC2)c2sc(-c3ccn[nH]3)cc2n1. The number of anilines is 2. The molecule has 1 aliphatic carbocycles. The lowest BCUT2D eigenvalue weighted by molar-refractivity contribution is -0.119. The quantitative estimate of drug-likeness (QED) is 0.521. The fourth-order valence-electron chi connectivity index (χ4n) is 2.81. The van der Waals surface area contributed by atoms with Crippen molar-refractivity contribution in [2.45, 2.75) is 45.2 Å². The normalized spacial score (nSPS) is 14.3. The lowest BCUT2D eigenvalue weighted by Gasteiger charge is -2.22. The maximum atomic E-state index is 12.1. The number of carbonyl (C=O) groups excluding carboxylic acids is 1. The molecule has 8 heteroatoms. The summed E-state index contributed by atoms with van der Waals surface area (Å²) >= 11 is 1.63. The van der Waals surface area contributed by atoms with Gasteiger partial charge in [-0.3, -0.25) is 9.89 Å². The summed E-state index contributed by atoms with van der Waals surface area (Å²) < 4.78 is 1.03. The van der Waals surface area contributed by atoms with E-state index in [0.717, 1.165) is 45.1 Å². The molecule has 4 N–H and O–H groups in total. The van der Waals surface area contributed by atoms with Gasteiger partial charge >= 0.3 is 0 Å². The van der Waals surface area contributed by atoms with Gasteiger partial charge in [0.25, 0.3) is 0 Å². The highest BCUT2D eigenvalue weighted by Gasteiger charge is 2.23. The molecule has 0 aliphatic heterocycles. The Labute approximate surface area is 162 Å². The zero-order chi connectivity index (χ0) is 19.0. The summed E-state index contributed by atoms with van der Waals surface area (Å²) in [5.74, 6) is 0.812.